The molecule has 0 radical (unpaired) electrons. The van der Waals surface area contributed by atoms with E-state index in [4.69, 9.17) is 11.5 Å². The summed E-state index contributed by atoms with van der Waals surface area (Å²) in [6, 6.07) is 0. The highest BCUT2D eigenvalue weighted by Gasteiger charge is 2.69. The van der Waals surface area contributed by atoms with E-state index in [1.165, 1.54) is 16.8 Å². The van der Waals surface area contributed by atoms with Gasteiger partial charge in [0, 0.05) is 22.2 Å². The third-order valence-electron chi connectivity index (χ3n) is 12.8. The summed E-state index contributed by atoms with van der Waals surface area (Å²) in [5, 5.41) is 18.2. The van der Waals surface area contributed by atoms with Gasteiger partial charge in [-0.25, -0.2) is 0 Å². The second kappa shape index (κ2) is 6.98. The van der Waals surface area contributed by atoms with Crippen LogP contribution in [0.15, 0.2) is 11.6 Å². The van der Waals surface area contributed by atoms with Gasteiger partial charge >= 0.3 is 5.97 Å². The first-order valence-electron chi connectivity index (χ1n) is 14.2. The van der Waals surface area contributed by atoms with Crippen LogP contribution in [0.4, 0.5) is 5.82 Å². The zero-order valence-electron chi connectivity index (χ0n) is 23.1. The van der Waals surface area contributed by atoms with Crippen LogP contribution in [-0.4, -0.2) is 26.8 Å². The molecule has 0 saturated heterocycles. The van der Waals surface area contributed by atoms with Crippen molar-refractivity contribution >= 4 is 11.8 Å². The zero-order chi connectivity index (χ0) is 26.1. The Labute approximate surface area is 216 Å². The molecule has 0 aromatic carbocycles. The maximum atomic E-state index is 12.8. The van der Waals surface area contributed by atoms with E-state index in [-0.39, 0.29) is 27.6 Å². The van der Waals surface area contributed by atoms with Crippen LogP contribution in [0, 0.1) is 39.4 Å². The summed E-state index contributed by atoms with van der Waals surface area (Å²) < 4.78 is 0. The number of fused-ring (bicyclic) bond motifs is 8. The number of hydrogen-bond acceptors (Lipinski definition) is 4. The number of nitrogen functional groups attached to an aromatic ring is 1. The first kappa shape index (κ1) is 24.5. The van der Waals surface area contributed by atoms with E-state index in [2.05, 4.69) is 57.8 Å². The molecule has 0 amide bonds. The number of H-pyrrole nitrogens is 1. The fourth-order valence-corrected chi connectivity index (χ4v) is 10.8. The van der Waals surface area contributed by atoms with E-state index >= 15 is 0 Å². The molecule has 198 valence electrons. The Morgan fingerprint density at radius 3 is 2.44 bits per heavy atom. The molecular weight excluding hydrogens is 448 g/mol. The number of allylic oxidation sites excluding steroid dienone is 1. The van der Waals surface area contributed by atoms with Crippen LogP contribution in [0.3, 0.4) is 0 Å². The number of carboxylic acids is 1. The molecule has 3 saturated carbocycles. The monoisotopic (exact) mass is 494 g/mol. The molecule has 6 rings (SSSR count). The highest BCUT2D eigenvalue weighted by atomic mass is 16.4. The van der Waals surface area contributed by atoms with Crippen LogP contribution >= 0.6 is 0 Å². The van der Waals surface area contributed by atoms with Gasteiger partial charge in [0.15, 0.2) is 0 Å². The first-order chi connectivity index (χ1) is 16.6. The van der Waals surface area contributed by atoms with Crippen LogP contribution in [-0.2, 0) is 16.6 Å². The van der Waals surface area contributed by atoms with Crippen LogP contribution < -0.4 is 11.5 Å². The molecule has 1 aromatic rings. The second-order valence-corrected chi connectivity index (χ2v) is 15.2. The topological polar surface area (TPSA) is 118 Å². The van der Waals surface area contributed by atoms with E-state index in [0.717, 1.165) is 51.4 Å². The molecule has 1 heterocycles. The Balaban J connectivity index is 1.47. The van der Waals surface area contributed by atoms with Crippen molar-refractivity contribution in [3.63, 3.8) is 0 Å². The van der Waals surface area contributed by atoms with Crippen LogP contribution in [0.5, 0.6) is 0 Å². The average Bonchev–Trinajstić information content (AvgIpc) is 3.14. The second-order valence-electron chi connectivity index (χ2n) is 15.2. The van der Waals surface area contributed by atoms with Gasteiger partial charge in [-0.05, 0) is 97.4 Å². The Kier molecular flexibility index (Phi) is 4.75. The third-order valence-corrected chi connectivity index (χ3v) is 12.8. The summed E-state index contributed by atoms with van der Waals surface area (Å²) in [5.74, 6) is 1.02. The number of nitrogens with zero attached hydrogens (tertiary/aromatic N) is 1. The first-order valence-corrected chi connectivity index (χ1v) is 14.2. The molecule has 1 aromatic heterocycles. The van der Waals surface area contributed by atoms with Crippen LogP contribution in [0.25, 0.3) is 0 Å². The molecule has 6 N–H and O–H groups in total. The third kappa shape index (κ3) is 2.72. The van der Waals surface area contributed by atoms with E-state index in [1.807, 2.05) is 0 Å². The van der Waals surface area contributed by atoms with Gasteiger partial charge in [-0.15, -0.1) is 0 Å². The fraction of sp³-hybridized carbons (Fsp3) is 0.800. The lowest BCUT2D eigenvalue weighted by Gasteiger charge is -2.70. The van der Waals surface area contributed by atoms with Gasteiger partial charge in [-0.2, -0.15) is 5.10 Å². The number of rotatable bonds is 1. The van der Waals surface area contributed by atoms with Gasteiger partial charge < -0.3 is 16.6 Å². The van der Waals surface area contributed by atoms with Crippen molar-refractivity contribution in [1.29, 1.82) is 0 Å². The van der Waals surface area contributed by atoms with E-state index in [1.54, 1.807) is 0 Å². The molecule has 0 bridgehead atoms. The molecule has 36 heavy (non-hydrogen) atoms. The average molecular weight is 495 g/mol. The van der Waals surface area contributed by atoms with Crippen molar-refractivity contribution in [2.75, 3.05) is 5.73 Å². The number of aliphatic carboxylic acids is 1. The zero-order valence-corrected chi connectivity index (χ0v) is 23.1. The number of carboxylic acid groups (broad SMARTS) is 1. The quantitative estimate of drug-likeness (QED) is 0.380. The SMILES string of the molecule is CC1(C)CC[C@]2(C(=O)O)CC[C@]3(N)C(=CCC4[C@@]5(C)Cc6c(N)n[nH]c6C(C)(C)C5CC[C@]43C)C2C1. The number of aromatic amines is 1. The summed E-state index contributed by atoms with van der Waals surface area (Å²) in [7, 11) is 0. The molecule has 6 nitrogen and oxygen atoms in total. The van der Waals surface area contributed by atoms with Gasteiger partial charge in [-0.3, -0.25) is 9.89 Å². The minimum absolute atomic E-state index is 0.0293. The lowest BCUT2D eigenvalue weighted by molar-refractivity contribution is -0.167. The standard InChI is InChI=1S/C30H46N4O2/c1-25(2)11-12-29(24(35)36)13-14-30(32)18(19(29)16-25)7-8-21-27(5)15-17-22(33-34-23(17)31)26(3,4)20(27)9-10-28(21,30)6/h7,19-21H,8-16,32H2,1-6H3,(H,35,36)(H3,31,33,34)/t19?,20?,21?,27-,28+,29-,30-/m0/s1. The van der Waals surface area contributed by atoms with Crippen molar-refractivity contribution in [2.45, 2.75) is 110 Å². The lowest BCUT2D eigenvalue weighted by Crippen LogP contribution is -2.71. The summed E-state index contributed by atoms with van der Waals surface area (Å²) in [6.07, 6.45) is 10.7. The Morgan fingerprint density at radius 2 is 1.75 bits per heavy atom. The Hall–Kier alpha value is -1.82. The fourth-order valence-electron chi connectivity index (χ4n) is 10.8. The van der Waals surface area contributed by atoms with E-state index in [0.29, 0.717) is 24.1 Å². The van der Waals surface area contributed by atoms with Gasteiger partial charge in [0.05, 0.1) is 5.41 Å². The number of nitrogens with two attached hydrogens (primary N) is 2. The van der Waals surface area contributed by atoms with E-state index in [9.17, 15) is 9.90 Å². The van der Waals surface area contributed by atoms with Gasteiger partial charge in [0.25, 0.3) is 0 Å². The smallest absolute Gasteiger partial charge is 0.310 e. The Bertz CT molecular complexity index is 1170. The minimum Gasteiger partial charge on any atom is -0.481 e. The molecule has 5 aliphatic rings. The largest absolute Gasteiger partial charge is 0.481 e. The summed E-state index contributed by atoms with van der Waals surface area (Å²) >= 11 is 0. The summed E-state index contributed by atoms with van der Waals surface area (Å²) in [4.78, 5) is 12.8. The highest BCUT2D eigenvalue weighted by molar-refractivity contribution is 5.77. The van der Waals surface area contributed by atoms with Crippen LogP contribution in [0.2, 0.25) is 0 Å². The van der Waals surface area contributed by atoms with Gasteiger partial charge in [-0.1, -0.05) is 47.6 Å². The predicted molar refractivity (Wildman–Crippen MR) is 142 cm³/mol. The number of aromatic nitrogens is 2. The molecule has 3 fully saturated rings. The molecule has 3 unspecified atom stereocenters. The minimum atomic E-state index is -0.651. The highest BCUT2D eigenvalue weighted by Crippen LogP contribution is 2.72. The molecule has 0 aliphatic heterocycles. The molecular formula is C30H46N4O2. The van der Waals surface area contributed by atoms with Crippen molar-refractivity contribution in [3.8, 4) is 0 Å². The van der Waals surface area contributed by atoms with Crippen molar-refractivity contribution in [2.24, 2.45) is 45.1 Å². The maximum absolute atomic E-state index is 12.8. The maximum Gasteiger partial charge on any atom is 0.310 e. The number of carbonyl (C=O) groups is 1. The number of nitrogens with one attached hydrogen (secondary N) is 1. The summed E-state index contributed by atoms with van der Waals surface area (Å²) in [5.41, 5.74) is 16.8. The van der Waals surface area contributed by atoms with Crippen molar-refractivity contribution in [3.05, 3.63) is 22.9 Å². The van der Waals surface area contributed by atoms with E-state index < -0.39 is 16.9 Å². The summed E-state index contributed by atoms with van der Waals surface area (Å²) in [6.45, 7) is 14.3. The Morgan fingerprint density at radius 1 is 1.06 bits per heavy atom. The molecule has 5 aliphatic carbocycles. The molecule has 7 atom stereocenters. The van der Waals surface area contributed by atoms with Gasteiger partial charge in [0.2, 0.25) is 0 Å². The lowest BCUT2D eigenvalue weighted by atomic mass is 9.35. The molecule has 0 spiro atoms. The normalized spacial score (nSPS) is 46.3. The number of hydrogen-bond donors (Lipinski definition) is 4. The number of anilines is 1. The van der Waals surface area contributed by atoms with Crippen molar-refractivity contribution in [1.82, 2.24) is 10.2 Å². The molecule has 6 heteroatoms. The van der Waals surface area contributed by atoms with Crippen molar-refractivity contribution < 1.29 is 9.90 Å². The van der Waals surface area contributed by atoms with Gasteiger partial charge in [0.1, 0.15) is 5.82 Å². The van der Waals surface area contributed by atoms with Crippen LogP contribution in [0.1, 0.15) is 104 Å². The predicted octanol–water partition coefficient (Wildman–Crippen LogP) is 5.58.